The monoisotopic (exact) mass is 363 g/mol. The van der Waals surface area contributed by atoms with Gasteiger partial charge >= 0.3 is 0 Å². The number of carbonyl (C=O) groups excluding carboxylic acids is 1. The van der Waals surface area contributed by atoms with Gasteiger partial charge in [0.1, 0.15) is 0 Å². The number of aromatic nitrogens is 1. The van der Waals surface area contributed by atoms with E-state index >= 15 is 0 Å². The number of benzene rings is 1. The molecule has 1 N–H and O–H groups in total. The Hall–Kier alpha value is -1.78. The molecule has 0 unspecified atom stereocenters. The zero-order valence-electron chi connectivity index (χ0n) is 13.2. The quantitative estimate of drug-likeness (QED) is 0.891. The summed E-state index contributed by atoms with van der Waals surface area (Å²) < 4.78 is 0. The first-order chi connectivity index (χ1) is 11.6. The zero-order chi connectivity index (χ0) is 16.9. The highest BCUT2D eigenvalue weighted by Gasteiger charge is 2.20. The van der Waals surface area contributed by atoms with Crippen molar-refractivity contribution in [2.45, 2.75) is 12.8 Å². The van der Waals surface area contributed by atoms with Crippen LogP contribution >= 0.6 is 23.2 Å². The fourth-order valence-electron chi connectivity index (χ4n) is 2.96. The van der Waals surface area contributed by atoms with Gasteiger partial charge in [-0.2, -0.15) is 0 Å². The smallest absolute Gasteiger partial charge is 0.251 e. The molecule has 4 nitrogen and oxygen atoms in total. The minimum absolute atomic E-state index is 0.130. The molecule has 1 aromatic carbocycles. The Bertz CT molecular complexity index is 680. The van der Waals surface area contributed by atoms with Gasteiger partial charge in [0, 0.05) is 41.4 Å². The Kier molecular flexibility index (Phi) is 5.59. The maximum atomic E-state index is 12.2. The predicted octanol–water partition coefficient (Wildman–Crippen LogP) is 4.03. The van der Waals surface area contributed by atoms with Crippen LogP contribution in [-0.4, -0.2) is 30.5 Å². The van der Waals surface area contributed by atoms with Crippen LogP contribution in [0.15, 0.2) is 42.7 Å². The second-order valence-corrected chi connectivity index (χ2v) is 6.88. The summed E-state index contributed by atoms with van der Waals surface area (Å²) in [5, 5.41) is 3.93. The molecule has 1 aliphatic heterocycles. The molecule has 126 valence electrons. The molecule has 0 aliphatic carbocycles. The summed E-state index contributed by atoms with van der Waals surface area (Å²) in [7, 11) is 0. The first-order valence-electron chi connectivity index (χ1n) is 8.01. The zero-order valence-corrected chi connectivity index (χ0v) is 14.7. The summed E-state index contributed by atoms with van der Waals surface area (Å²) in [6.07, 6.45) is 5.77. The Morgan fingerprint density at radius 2 is 1.92 bits per heavy atom. The summed E-state index contributed by atoms with van der Waals surface area (Å²) in [4.78, 5) is 18.7. The van der Waals surface area contributed by atoms with Crippen LogP contribution in [0.25, 0.3) is 0 Å². The number of carbonyl (C=O) groups is 1. The van der Waals surface area contributed by atoms with E-state index in [0.717, 1.165) is 31.6 Å². The topological polar surface area (TPSA) is 45.2 Å². The maximum absolute atomic E-state index is 12.2. The van der Waals surface area contributed by atoms with Gasteiger partial charge in [0.15, 0.2) is 0 Å². The van der Waals surface area contributed by atoms with Crippen molar-refractivity contribution in [2.24, 2.45) is 5.92 Å². The van der Waals surface area contributed by atoms with Gasteiger partial charge in [0.25, 0.3) is 5.91 Å². The average Bonchev–Trinajstić information content (AvgIpc) is 2.60. The molecule has 0 radical (unpaired) electrons. The van der Waals surface area contributed by atoms with Crippen LogP contribution in [0.3, 0.4) is 0 Å². The van der Waals surface area contributed by atoms with Gasteiger partial charge in [-0.1, -0.05) is 23.2 Å². The van der Waals surface area contributed by atoms with Crippen LogP contribution in [0.5, 0.6) is 0 Å². The van der Waals surface area contributed by atoms with E-state index in [-0.39, 0.29) is 5.91 Å². The number of piperidine rings is 1. The SMILES string of the molecule is O=C(NCC1CCN(c2cccnc2)CC1)c1cc(Cl)cc(Cl)c1. The minimum atomic E-state index is -0.130. The second kappa shape index (κ2) is 7.86. The van der Waals surface area contributed by atoms with Gasteiger partial charge in [-0.15, -0.1) is 0 Å². The first-order valence-corrected chi connectivity index (χ1v) is 8.76. The highest BCUT2D eigenvalue weighted by molar-refractivity contribution is 6.35. The van der Waals surface area contributed by atoms with Gasteiger partial charge in [-0.05, 0) is 49.1 Å². The van der Waals surface area contributed by atoms with Crippen LogP contribution in [-0.2, 0) is 0 Å². The van der Waals surface area contributed by atoms with Crippen LogP contribution in [0.1, 0.15) is 23.2 Å². The first kappa shape index (κ1) is 17.1. The fraction of sp³-hybridized carbons (Fsp3) is 0.333. The largest absolute Gasteiger partial charge is 0.370 e. The van der Waals surface area contributed by atoms with E-state index in [9.17, 15) is 4.79 Å². The number of amides is 1. The summed E-state index contributed by atoms with van der Waals surface area (Å²) in [6, 6.07) is 8.92. The molecule has 3 rings (SSSR count). The second-order valence-electron chi connectivity index (χ2n) is 6.01. The molecule has 6 heteroatoms. The van der Waals surface area contributed by atoms with Crippen molar-refractivity contribution >= 4 is 34.8 Å². The van der Waals surface area contributed by atoms with Crippen molar-refractivity contribution < 1.29 is 4.79 Å². The molecule has 0 atom stereocenters. The molecular weight excluding hydrogens is 345 g/mol. The van der Waals surface area contributed by atoms with Gasteiger partial charge in [-0.25, -0.2) is 0 Å². The van der Waals surface area contributed by atoms with Crippen molar-refractivity contribution in [1.82, 2.24) is 10.3 Å². The number of anilines is 1. The fourth-order valence-corrected chi connectivity index (χ4v) is 3.49. The highest BCUT2D eigenvalue weighted by atomic mass is 35.5. The molecular formula is C18H19Cl2N3O. The number of nitrogens with zero attached hydrogens (tertiary/aromatic N) is 2. The van der Waals surface area contributed by atoms with E-state index in [1.165, 1.54) is 0 Å². The minimum Gasteiger partial charge on any atom is -0.370 e. The highest BCUT2D eigenvalue weighted by Crippen LogP contribution is 2.22. The normalized spacial score (nSPS) is 15.3. The Morgan fingerprint density at radius 3 is 2.54 bits per heavy atom. The number of hydrogen-bond acceptors (Lipinski definition) is 3. The lowest BCUT2D eigenvalue weighted by Crippen LogP contribution is -2.38. The number of hydrogen-bond donors (Lipinski definition) is 1. The Morgan fingerprint density at radius 1 is 1.21 bits per heavy atom. The molecule has 0 bridgehead atoms. The van der Waals surface area contributed by atoms with Crippen LogP contribution < -0.4 is 10.2 Å². The summed E-state index contributed by atoms with van der Waals surface area (Å²) in [6.45, 7) is 2.63. The third-order valence-corrected chi connectivity index (χ3v) is 4.74. The van der Waals surface area contributed by atoms with E-state index in [1.54, 1.807) is 24.4 Å². The molecule has 24 heavy (non-hydrogen) atoms. The Balaban J connectivity index is 1.49. The summed E-state index contributed by atoms with van der Waals surface area (Å²) >= 11 is 11.9. The van der Waals surface area contributed by atoms with Gasteiger partial charge in [0.05, 0.1) is 11.9 Å². The standard InChI is InChI=1S/C18H19Cl2N3O/c19-15-8-14(9-16(20)10-15)18(24)22-11-13-3-6-23(7-4-13)17-2-1-5-21-12-17/h1-2,5,8-10,12-13H,3-4,6-7,11H2,(H,22,24). The number of nitrogens with one attached hydrogen (secondary N) is 1. The van der Waals surface area contributed by atoms with Crippen molar-refractivity contribution in [3.63, 3.8) is 0 Å². The van der Waals surface area contributed by atoms with Crippen LogP contribution in [0.4, 0.5) is 5.69 Å². The van der Waals surface area contributed by atoms with E-state index in [2.05, 4.69) is 21.3 Å². The molecule has 2 heterocycles. The van der Waals surface area contributed by atoms with Crippen LogP contribution in [0, 0.1) is 5.92 Å². The van der Waals surface area contributed by atoms with Crippen molar-refractivity contribution in [3.8, 4) is 0 Å². The number of halogens is 2. The van der Waals surface area contributed by atoms with Gasteiger partial charge in [0.2, 0.25) is 0 Å². The maximum Gasteiger partial charge on any atom is 0.251 e. The molecule has 1 aliphatic rings. The molecule has 1 amide bonds. The average molecular weight is 364 g/mol. The molecule has 0 saturated carbocycles. The van der Waals surface area contributed by atoms with E-state index in [4.69, 9.17) is 23.2 Å². The summed E-state index contributed by atoms with van der Waals surface area (Å²) in [5.41, 5.74) is 1.66. The van der Waals surface area contributed by atoms with E-state index < -0.39 is 0 Å². The molecule has 1 aromatic heterocycles. The van der Waals surface area contributed by atoms with Crippen LogP contribution in [0.2, 0.25) is 10.0 Å². The van der Waals surface area contributed by atoms with Crippen molar-refractivity contribution in [2.75, 3.05) is 24.5 Å². The third-order valence-electron chi connectivity index (χ3n) is 4.30. The van der Waals surface area contributed by atoms with Gasteiger partial charge < -0.3 is 10.2 Å². The Labute approximate surface area is 151 Å². The molecule has 1 saturated heterocycles. The molecule has 1 fully saturated rings. The van der Waals surface area contributed by atoms with E-state index in [1.807, 2.05) is 12.3 Å². The predicted molar refractivity (Wildman–Crippen MR) is 98.0 cm³/mol. The molecule has 0 spiro atoms. The lowest BCUT2D eigenvalue weighted by molar-refractivity contribution is 0.0945. The lowest BCUT2D eigenvalue weighted by Gasteiger charge is -2.33. The third kappa shape index (κ3) is 4.40. The van der Waals surface area contributed by atoms with Crippen molar-refractivity contribution in [3.05, 3.63) is 58.3 Å². The van der Waals surface area contributed by atoms with Crippen molar-refractivity contribution in [1.29, 1.82) is 0 Å². The van der Waals surface area contributed by atoms with E-state index in [0.29, 0.717) is 28.1 Å². The summed E-state index contributed by atoms with van der Waals surface area (Å²) in [5.74, 6) is 0.352. The lowest BCUT2D eigenvalue weighted by atomic mass is 9.96. The van der Waals surface area contributed by atoms with Gasteiger partial charge in [-0.3, -0.25) is 9.78 Å². The number of pyridine rings is 1. The molecule has 2 aromatic rings. The number of rotatable bonds is 4.